The zero-order chi connectivity index (χ0) is 15.6. The Bertz CT molecular complexity index is 832. The maximum atomic E-state index is 13.5. The van der Waals surface area contributed by atoms with E-state index in [1.165, 1.54) is 6.07 Å². The van der Waals surface area contributed by atoms with Crippen molar-refractivity contribution in [2.45, 2.75) is 13.8 Å². The summed E-state index contributed by atoms with van der Waals surface area (Å²) in [7, 11) is 0. The molecule has 0 saturated heterocycles. The molecule has 0 saturated carbocycles. The van der Waals surface area contributed by atoms with Crippen LogP contribution in [0.4, 0.5) is 8.78 Å². The van der Waals surface area contributed by atoms with Gasteiger partial charge in [0.05, 0.1) is 6.21 Å². The molecule has 2 aromatic rings. The Balaban J connectivity index is 2.52. The van der Waals surface area contributed by atoms with Crippen LogP contribution in [0.1, 0.15) is 22.4 Å². The molecule has 106 valence electrons. The Labute approximate surface area is 119 Å². The molecule has 1 aromatic carbocycles. The van der Waals surface area contributed by atoms with Crippen LogP contribution in [0, 0.1) is 36.8 Å². The van der Waals surface area contributed by atoms with Gasteiger partial charge in [-0.1, -0.05) is 0 Å². The van der Waals surface area contributed by atoms with Crippen LogP contribution >= 0.6 is 0 Å². The van der Waals surface area contributed by atoms with Crippen LogP contribution in [0.2, 0.25) is 0 Å². The van der Waals surface area contributed by atoms with E-state index in [4.69, 9.17) is 5.26 Å². The monoisotopic (exact) mass is 287 g/mol. The van der Waals surface area contributed by atoms with E-state index >= 15 is 0 Å². The summed E-state index contributed by atoms with van der Waals surface area (Å²) in [6.07, 6.45) is 1.11. The van der Waals surface area contributed by atoms with E-state index < -0.39 is 17.2 Å². The zero-order valence-electron chi connectivity index (χ0n) is 11.4. The van der Waals surface area contributed by atoms with Crippen molar-refractivity contribution in [3.05, 3.63) is 68.6 Å². The third kappa shape index (κ3) is 2.87. The first kappa shape index (κ1) is 14.6. The van der Waals surface area contributed by atoms with E-state index in [-0.39, 0.29) is 11.1 Å². The fourth-order valence-corrected chi connectivity index (χ4v) is 1.89. The molecule has 21 heavy (non-hydrogen) atoms. The Morgan fingerprint density at radius 1 is 1.29 bits per heavy atom. The Kier molecular flexibility index (Phi) is 3.94. The molecule has 0 aliphatic rings. The van der Waals surface area contributed by atoms with E-state index in [1.807, 2.05) is 6.07 Å². The van der Waals surface area contributed by atoms with Gasteiger partial charge in [0.15, 0.2) is 0 Å². The van der Waals surface area contributed by atoms with Gasteiger partial charge in [0.2, 0.25) is 0 Å². The number of aryl methyl sites for hydroxylation is 2. The lowest BCUT2D eigenvalue weighted by Gasteiger charge is -2.06. The molecular weight excluding hydrogens is 276 g/mol. The maximum Gasteiger partial charge on any atom is 0.289 e. The lowest BCUT2D eigenvalue weighted by atomic mass is 10.1. The molecule has 0 bridgehead atoms. The number of aromatic nitrogens is 1. The van der Waals surface area contributed by atoms with Crippen molar-refractivity contribution in [1.82, 2.24) is 4.68 Å². The summed E-state index contributed by atoms with van der Waals surface area (Å²) in [6, 6.07) is 6.49. The number of hydrogen-bond donors (Lipinski definition) is 0. The normalized spacial score (nSPS) is 10.8. The number of halogens is 2. The molecule has 0 unspecified atom stereocenters. The summed E-state index contributed by atoms with van der Waals surface area (Å²) >= 11 is 0. The summed E-state index contributed by atoms with van der Waals surface area (Å²) in [5, 5.41) is 12.8. The van der Waals surface area contributed by atoms with Crippen molar-refractivity contribution in [2.24, 2.45) is 5.10 Å². The first-order valence-corrected chi connectivity index (χ1v) is 6.07. The molecule has 1 aromatic heterocycles. The van der Waals surface area contributed by atoms with Gasteiger partial charge in [-0.15, -0.1) is 0 Å². The first-order chi connectivity index (χ1) is 9.93. The van der Waals surface area contributed by atoms with Gasteiger partial charge in [-0.3, -0.25) is 4.79 Å². The highest BCUT2D eigenvalue weighted by Gasteiger charge is 2.09. The van der Waals surface area contributed by atoms with Gasteiger partial charge in [-0.2, -0.15) is 10.4 Å². The molecule has 6 heteroatoms. The SMILES string of the molecule is Cc1cc(C)n(/N=C\c2ccc(F)cc2F)c(=O)c1C#N. The largest absolute Gasteiger partial charge is 0.289 e. The van der Waals surface area contributed by atoms with Crippen molar-refractivity contribution in [3.8, 4) is 6.07 Å². The molecule has 0 aliphatic heterocycles. The van der Waals surface area contributed by atoms with Gasteiger partial charge in [-0.05, 0) is 37.6 Å². The average Bonchev–Trinajstić information content (AvgIpc) is 2.40. The molecule has 0 spiro atoms. The molecule has 0 aliphatic carbocycles. The fraction of sp³-hybridized carbons (Fsp3) is 0.133. The zero-order valence-corrected chi connectivity index (χ0v) is 11.4. The molecule has 0 fully saturated rings. The summed E-state index contributed by atoms with van der Waals surface area (Å²) in [5.74, 6) is -1.47. The van der Waals surface area contributed by atoms with Crippen LogP contribution in [-0.4, -0.2) is 10.9 Å². The second kappa shape index (κ2) is 5.67. The lowest BCUT2D eigenvalue weighted by molar-refractivity contribution is 0.582. The van der Waals surface area contributed by atoms with E-state index in [0.29, 0.717) is 11.3 Å². The quantitative estimate of drug-likeness (QED) is 0.797. The third-order valence-electron chi connectivity index (χ3n) is 2.95. The van der Waals surface area contributed by atoms with Gasteiger partial charge in [0, 0.05) is 17.3 Å². The average molecular weight is 287 g/mol. The summed E-state index contributed by atoms with van der Waals surface area (Å²) < 4.78 is 27.3. The highest BCUT2D eigenvalue weighted by Crippen LogP contribution is 2.08. The van der Waals surface area contributed by atoms with Crippen molar-refractivity contribution in [1.29, 1.82) is 5.26 Å². The van der Waals surface area contributed by atoms with E-state index in [9.17, 15) is 13.6 Å². The van der Waals surface area contributed by atoms with Gasteiger partial charge in [0.25, 0.3) is 5.56 Å². The minimum absolute atomic E-state index is 0.0164. The molecule has 0 atom stereocenters. The topological polar surface area (TPSA) is 58.1 Å². The standard InChI is InChI=1S/C15H11F2N3O/c1-9-5-10(2)20(15(21)13(9)7-18)19-8-11-3-4-12(16)6-14(11)17/h3-6,8H,1-2H3/b19-8-. The molecule has 4 nitrogen and oxygen atoms in total. The number of rotatable bonds is 2. The van der Waals surface area contributed by atoms with Crippen LogP contribution in [-0.2, 0) is 0 Å². The van der Waals surface area contributed by atoms with Crippen LogP contribution in [0.5, 0.6) is 0 Å². The van der Waals surface area contributed by atoms with Gasteiger partial charge < -0.3 is 0 Å². The lowest BCUT2D eigenvalue weighted by Crippen LogP contribution is -2.22. The molecule has 0 radical (unpaired) electrons. The van der Waals surface area contributed by atoms with Gasteiger partial charge in [-0.25, -0.2) is 13.5 Å². The fourth-order valence-electron chi connectivity index (χ4n) is 1.89. The van der Waals surface area contributed by atoms with E-state index in [1.54, 1.807) is 19.9 Å². The van der Waals surface area contributed by atoms with Crippen molar-refractivity contribution < 1.29 is 8.78 Å². The molecule has 1 heterocycles. The number of hydrogen-bond acceptors (Lipinski definition) is 3. The maximum absolute atomic E-state index is 13.5. The minimum Gasteiger partial charge on any atom is -0.266 e. The van der Waals surface area contributed by atoms with Crippen LogP contribution in [0.25, 0.3) is 0 Å². The molecule has 2 rings (SSSR count). The number of benzene rings is 1. The van der Waals surface area contributed by atoms with E-state index in [2.05, 4.69) is 5.10 Å². The molecular formula is C15H11F2N3O. The summed E-state index contributed by atoms with van der Waals surface area (Å²) in [6.45, 7) is 3.30. The molecule has 0 N–H and O–H groups in total. The van der Waals surface area contributed by atoms with Gasteiger partial charge >= 0.3 is 0 Å². The molecule has 0 amide bonds. The third-order valence-corrected chi connectivity index (χ3v) is 2.95. The smallest absolute Gasteiger partial charge is 0.266 e. The second-order valence-corrected chi connectivity index (χ2v) is 4.48. The number of nitrogens with zero attached hydrogens (tertiary/aromatic N) is 3. The van der Waals surface area contributed by atoms with Crippen molar-refractivity contribution in [3.63, 3.8) is 0 Å². The Morgan fingerprint density at radius 2 is 2.00 bits per heavy atom. The Morgan fingerprint density at radius 3 is 2.62 bits per heavy atom. The minimum atomic E-state index is -0.780. The predicted octanol–water partition coefficient (Wildman–Crippen LogP) is 2.50. The number of pyridine rings is 1. The van der Waals surface area contributed by atoms with Crippen LogP contribution in [0.15, 0.2) is 34.2 Å². The Hall–Kier alpha value is -2.81. The summed E-state index contributed by atoms with van der Waals surface area (Å²) in [5.41, 5.74) is 0.516. The van der Waals surface area contributed by atoms with E-state index in [0.717, 1.165) is 23.0 Å². The van der Waals surface area contributed by atoms with Gasteiger partial charge in [0.1, 0.15) is 23.3 Å². The highest BCUT2D eigenvalue weighted by molar-refractivity contribution is 5.79. The number of nitriles is 1. The second-order valence-electron chi connectivity index (χ2n) is 4.48. The van der Waals surface area contributed by atoms with Crippen LogP contribution in [0.3, 0.4) is 0 Å². The summed E-state index contributed by atoms with van der Waals surface area (Å²) in [4.78, 5) is 12.1. The van der Waals surface area contributed by atoms with Crippen LogP contribution < -0.4 is 5.56 Å². The highest BCUT2D eigenvalue weighted by atomic mass is 19.1. The predicted molar refractivity (Wildman–Crippen MR) is 74.2 cm³/mol. The van der Waals surface area contributed by atoms with Crippen molar-refractivity contribution in [2.75, 3.05) is 0 Å². The first-order valence-electron chi connectivity index (χ1n) is 6.07. The van der Waals surface area contributed by atoms with Crippen molar-refractivity contribution >= 4 is 6.21 Å².